The third kappa shape index (κ3) is 2.30. The zero-order valence-corrected chi connectivity index (χ0v) is 9.10. The van der Waals surface area contributed by atoms with E-state index in [1.807, 2.05) is 0 Å². The van der Waals surface area contributed by atoms with Crippen molar-refractivity contribution in [2.24, 2.45) is 0 Å². The van der Waals surface area contributed by atoms with Crippen LogP contribution >= 0.6 is 0 Å². The summed E-state index contributed by atoms with van der Waals surface area (Å²) >= 11 is 0. The minimum Gasteiger partial charge on any atom is -0.481 e. The van der Waals surface area contributed by atoms with E-state index in [1.165, 1.54) is 0 Å². The Morgan fingerprint density at radius 1 is 1.00 bits per heavy atom. The summed E-state index contributed by atoms with van der Waals surface area (Å²) in [4.78, 5) is 21.6. The fourth-order valence-electron chi connectivity index (χ4n) is 1.42. The molecular weight excluding hydrogens is 237 g/mol. The Bertz CT molecular complexity index is 480. The van der Waals surface area contributed by atoms with Gasteiger partial charge in [0.1, 0.15) is 23.9 Å². The molecule has 6 heteroatoms. The first-order chi connectivity index (χ1) is 7.77. The van der Waals surface area contributed by atoms with Crippen molar-refractivity contribution >= 4 is 11.8 Å². The highest BCUT2D eigenvalue weighted by atomic mass is 19.1. The van der Waals surface area contributed by atoms with Gasteiger partial charge < -0.3 is 5.11 Å². The van der Waals surface area contributed by atoms with Crippen LogP contribution < -0.4 is 0 Å². The second-order valence-corrected chi connectivity index (χ2v) is 3.56. The molecule has 0 amide bonds. The van der Waals surface area contributed by atoms with Crippen molar-refractivity contribution < 1.29 is 27.9 Å². The van der Waals surface area contributed by atoms with Gasteiger partial charge in [-0.15, -0.1) is 0 Å². The first-order valence-electron chi connectivity index (χ1n) is 4.66. The lowest BCUT2D eigenvalue weighted by Crippen LogP contribution is -2.14. The van der Waals surface area contributed by atoms with Crippen molar-refractivity contribution in [3.63, 3.8) is 0 Å². The van der Waals surface area contributed by atoms with Crippen molar-refractivity contribution in [2.45, 2.75) is 20.3 Å². The monoisotopic (exact) mass is 246 g/mol. The SMILES string of the molecule is Cc1c(F)c(C)c(F)c(C(=O)CC(=O)O)c1F. The van der Waals surface area contributed by atoms with Crippen LogP contribution in [-0.4, -0.2) is 16.9 Å². The van der Waals surface area contributed by atoms with E-state index in [0.29, 0.717) is 0 Å². The first-order valence-corrected chi connectivity index (χ1v) is 4.66. The summed E-state index contributed by atoms with van der Waals surface area (Å²) in [7, 11) is 0. The van der Waals surface area contributed by atoms with Gasteiger partial charge >= 0.3 is 5.97 Å². The number of hydrogen-bond acceptors (Lipinski definition) is 2. The van der Waals surface area contributed by atoms with E-state index in [-0.39, 0.29) is 0 Å². The number of aliphatic carboxylic acids is 1. The maximum atomic E-state index is 13.5. The van der Waals surface area contributed by atoms with Gasteiger partial charge in [-0.1, -0.05) is 0 Å². The number of halogens is 3. The van der Waals surface area contributed by atoms with Crippen molar-refractivity contribution in [3.8, 4) is 0 Å². The number of carbonyl (C=O) groups excluding carboxylic acids is 1. The molecule has 1 rings (SSSR count). The highest BCUT2D eigenvalue weighted by Gasteiger charge is 2.26. The van der Waals surface area contributed by atoms with Crippen LogP contribution in [0.25, 0.3) is 0 Å². The number of carboxylic acid groups (broad SMARTS) is 1. The fraction of sp³-hybridized carbons (Fsp3) is 0.273. The van der Waals surface area contributed by atoms with Crippen LogP contribution in [-0.2, 0) is 4.79 Å². The summed E-state index contributed by atoms with van der Waals surface area (Å²) in [5.41, 5.74) is -2.00. The van der Waals surface area contributed by atoms with Crippen LogP contribution in [0.1, 0.15) is 27.9 Å². The van der Waals surface area contributed by atoms with Gasteiger partial charge in [0.2, 0.25) is 0 Å². The van der Waals surface area contributed by atoms with Gasteiger partial charge in [0.25, 0.3) is 0 Å². The van der Waals surface area contributed by atoms with Crippen LogP contribution in [0.4, 0.5) is 13.2 Å². The van der Waals surface area contributed by atoms with Crippen LogP contribution in [0.2, 0.25) is 0 Å². The molecule has 0 aromatic heterocycles. The predicted octanol–water partition coefficient (Wildman–Crippen LogP) is 2.38. The van der Waals surface area contributed by atoms with E-state index in [4.69, 9.17) is 5.11 Å². The third-order valence-corrected chi connectivity index (χ3v) is 2.35. The topological polar surface area (TPSA) is 54.4 Å². The van der Waals surface area contributed by atoms with Crippen molar-refractivity contribution in [1.82, 2.24) is 0 Å². The van der Waals surface area contributed by atoms with Crippen LogP contribution in [0.5, 0.6) is 0 Å². The Hall–Kier alpha value is -1.85. The van der Waals surface area contributed by atoms with E-state index >= 15 is 0 Å². The number of benzene rings is 1. The summed E-state index contributed by atoms with van der Waals surface area (Å²) in [6.45, 7) is 2.10. The van der Waals surface area contributed by atoms with Crippen molar-refractivity contribution in [3.05, 3.63) is 34.1 Å². The van der Waals surface area contributed by atoms with Gasteiger partial charge in [-0.25, -0.2) is 13.2 Å². The van der Waals surface area contributed by atoms with E-state index in [9.17, 15) is 22.8 Å². The highest BCUT2D eigenvalue weighted by Crippen LogP contribution is 2.25. The lowest BCUT2D eigenvalue weighted by Gasteiger charge is -2.09. The summed E-state index contributed by atoms with van der Waals surface area (Å²) < 4.78 is 40.3. The van der Waals surface area contributed by atoms with E-state index < -0.39 is 52.3 Å². The van der Waals surface area contributed by atoms with E-state index in [2.05, 4.69) is 0 Å². The van der Waals surface area contributed by atoms with Gasteiger partial charge in [0, 0.05) is 11.1 Å². The minimum atomic E-state index is -1.51. The predicted molar refractivity (Wildman–Crippen MR) is 52.4 cm³/mol. The molecule has 0 saturated heterocycles. The van der Waals surface area contributed by atoms with Gasteiger partial charge in [-0.3, -0.25) is 9.59 Å². The molecule has 0 atom stereocenters. The summed E-state index contributed by atoms with van der Waals surface area (Å²) in [6, 6.07) is 0. The Kier molecular flexibility index (Phi) is 3.55. The average molecular weight is 246 g/mol. The minimum absolute atomic E-state index is 0.502. The number of rotatable bonds is 3. The molecule has 0 radical (unpaired) electrons. The molecule has 0 unspecified atom stereocenters. The zero-order valence-electron chi connectivity index (χ0n) is 9.10. The fourth-order valence-corrected chi connectivity index (χ4v) is 1.42. The lowest BCUT2D eigenvalue weighted by atomic mass is 9.99. The lowest BCUT2D eigenvalue weighted by molar-refractivity contribution is -0.135. The molecular formula is C11H9F3O3. The summed E-state index contributed by atoms with van der Waals surface area (Å²) in [5, 5.41) is 8.38. The van der Waals surface area contributed by atoms with Crippen LogP contribution in [0.3, 0.4) is 0 Å². The van der Waals surface area contributed by atoms with Gasteiger partial charge in [0.05, 0.1) is 5.56 Å². The van der Waals surface area contributed by atoms with Gasteiger partial charge in [0.15, 0.2) is 5.78 Å². The van der Waals surface area contributed by atoms with Crippen molar-refractivity contribution in [2.75, 3.05) is 0 Å². The number of Topliss-reactive ketones (excluding diaryl/α,β-unsaturated/α-hetero) is 1. The molecule has 92 valence electrons. The molecule has 0 fully saturated rings. The molecule has 1 aromatic rings. The Morgan fingerprint density at radius 2 is 1.41 bits per heavy atom. The smallest absolute Gasteiger partial charge is 0.311 e. The van der Waals surface area contributed by atoms with Gasteiger partial charge in [-0.2, -0.15) is 0 Å². The molecule has 0 saturated carbocycles. The normalized spacial score (nSPS) is 10.4. The molecule has 0 aliphatic carbocycles. The molecule has 1 N–H and O–H groups in total. The molecule has 0 bridgehead atoms. The molecule has 3 nitrogen and oxygen atoms in total. The number of hydrogen-bond donors (Lipinski definition) is 1. The quantitative estimate of drug-likeness (QED) is 0.658. The maximum absolute atomic E-state index is 13.5. The third-order valence-electron chi connectivity index (χ3n) is 2.35. The largest absolute Gasteiger partial charge is 0.481 e. The molecule has 0 spiro atoms. The Balaban J connectivity index is 3.44. The summed E-state index contributed by atoms with van der Waals surface area (Å²) in [5.74, 6) is -6.51. The molecule has 0 heterocycles. The Labute approximate surface area is 94.9 Å². The van der Waals surface area contributed by atoms with Crippen molar-refractivity contribution in [1.29, 1.82) is 0 Å². The number of carboxylic acids is 1. The standard InChI is InChI=1S/C11H9F3O3/c1-4-9(12)5(2)11(14)8(10(4)13)6(15)3-7(16)17/h3H2,1-2H3,(H,16,17). The average Bonchev–Trinajstić information content (AvgIpc) is 2.23. The maximum Gasteiger partial charge on any atom is 0.311 e. The van der Waals surface area contributed by atoms with Crippen LogP contribution in [0, 0.1) is 31.3 Å². The van der Waals surface area contributed by atoms with Gasteiger partial charge in [-0.05, 0) is 13.8 Å². The van der Waals surface area contributed by atoms with Crippen LogP contribution in [0.15, 0.2) is 0 Å². The second-order valence-electron chi connectivity index (χ2n) is 3.56. The van der Waals surface area contributed by atoms with E-state index in [0.717, 1.165) is 13.8 Å². The second kappa shape index (κ2) is 4.57. The molecule has 1 aromatic carbocycles. The summed E-state index contributed by atoms with van der Waals surface area (Å²) in [6.07, 6.45) is -1.04. The zero-order chi connectivity index (χ0) is 13.3. The first kappa shape index (κ1) is 13.2. The van der Waals surface area contributed by atoms with E-state index in [1.54, 1.807) is 0 Å². The molecule has 17 heavy (non-hydrogen) atoms. The number of carbonyl (C=O) groups is 2. The number of ketones is 1. The highest BCUT2D eigenvalue weighted by molar-refractivity contribution is 6.06. The Morgan fingerprint density at radius 3 is 1.76 bits per heavy atom. The molecule has 0 aliphatic rings. The molecule has 0 aliphatic heterocycles.